The van der Waals surface area contributed by atoms with Gasteiger partial charge in [0.15, 0.2) is 0 Å². The first kappa shape index (κ1) is 23.0. The first-order chi connectivity index (χ1) is 16.1. The lowest BCUT2D eigenvalue weighted by atomic mass is 10.1. The fourth-order valence-electron chi connectivity index (χ4n) is 4.41. The van der Waals surface area contributed by atoms with Gasteiger partial charge < -0.3 is 19.7 Å². The smallest absolute Gasteiger partial charge is 0.225 e. The molecule has 2 aliphatic rings. The Morgan fingerprint density at radius 3 is 2.94 bits per heavy atom. The second kappa shape index (κ2) is 10.7. The van der Waals surface area contributed by atoms with E-state index in [1.807, 2.05) is 30.3 Å². The van der Waals surface area contributed by atoms with Crippen molar-refractivity contribution >= 4 is 11.8 Å². The minimum Gasteiger partial charge on any atom is -0.497 e. The van der Waals surface area contributed by atoms with E-state index in [0.29, 0.717) is 26.2 Å². The zero-order valence-corrected chi connectivity index (χ0v) is 19.3. The highest BCUT2D eigenvalue weighted by atomic mass is 16.5. The summed E-state index contributed by atoms with van der Waals surface area (Å²) >= 11 is 0. The Bertz CT molecular complexity index is 968. The summed E-state index contributed by atoms with van der Waals surface area (Å²) in [6, 6.07) is 9.69. The van der Waals surface area contributed by atoms with Gasteiger partial charge >= 0.3 is 0 Å². The Morgan fingerprint density at radius 1 is 1.30 bits per heavy atom. The molecule has 2 amide bonds. The molecule has 2 aromatic rings. The Morgan fingerprint density at radius 2 is 2.18 bits per heavy atom. The van der Waals surface area contributed by atoms with Crippen LogP contribution in [-0.4, -0.2) is 66.0 Å². The van der Waals surface area contributed by atoms with Crippen LogP contribution >= 0.6 is 0 Å². The van der Waals surface area contributed by atoms with Crippen LogP contribution in [0.5, 0.6) is 11.5 Å². The van der Waals surface area contributed by atoms with Crippen LogP contribution < -0.4 is 14.8 Å². The predicted octanol–water partition coefficient (Wildman–Crippen LogP) is 2.23. The number of hydrogen-bond donors (Lipinski definition) is 1. The summed E-state index contributed by atoms with van der Waals surface area (Å²) < 4.78 is 11.6. The first-order valence-corrected chi connectivity index (χ1v) is 11.6. The third-order valence-electron chi connectivity index (χ3n) is 6.28. The second-order valence-electron chi connectivity index (χ2n) is 8.68. The number of aromatic nitrogens is 1. The number of hydrogen-bond acceptors (Lipinski definition) is 6. The number of pyridine rings is 1. The molecule has 8 nitrogen and oxygen atoms in total. The molecule has 8 heteroatoms. The normalized spacial score (nSPS) is 20.7. The maximum atomic E-state index is 12.7. The topological polar surface area (TPSA) is 84.0 Å². The number of nitrogens with zero attached hydrogens (tertiary/aromatic N) is 3. The summed E-state index contributed by atoms with van der Waals surface area (Å²) in [4.78, 5) is 33.3. The predicted molar refractivity (Wildman–Crippen MR) is 124 cm³/mol. The van der Waals surface area contributed by atoms with E-state index in [0.717, 1.165) is 42.1 Å². The number of fused-ring (bicyclic) bond motifs is 1. The zero-order chi connectivity index (χ0) is 23.2. The van der Waals surface area contributed by atoms with Crippen molar-refractivity contribution in [3.05, 3.63) is 53.9 Å². The molecule has 0 radical (unpaired) electrons. The summed E-state index contributed by atoms with van der Waals surface area (Å²) in [7, 11) is 1.66. The lowest BCUT2D eigenvalue weighted by Crippen LogP contribution is -2.40. The molecule has 1 aromatic carbocycles. The van der Waals surface area contributed by atoms with E-state index in [1.54, 1.807) is 24.4 Å². The van der Waals surface area contributed by atoms with Crippen LogP contribution in [0.4, 0.5) is 0 Å². The van der Waals surface area contributed by atoms with Gasteiger partial charge in [-0.15, -0.1) is 0 Å². The number of methoxy groups -OCH3 is 1. The SMILES string of the molecule is CCC1CN(CCNC(=O)C2CC(=O)N(Cc3cccnc3)C2)Cc2cc(OC)ccc2O1. The van der Waals surface area contributed by atoms with Crippen LogP contribution in [0.2, 0.25) is 0 Å². The number of carbonyl (C=O) groups is 2. The highest BCUT2D eigenvalue weighted by Gasteiger charge is 2.34. The van der Waals surface area contributed by atoms with E-state index in [9.17, 15) is 9.59 Å². The van der Waals surface area contributed by atoms with Crippen molar-refractivity contribution in [2.75, 3.05) is 33.3 Å². The number of likely N-dealkylation sites (tertiary alicyclic amines) is 1. The van der Waals surface area contributed by atoms with Gasteiger partial charge in [-0.05, 0) is 36.2 Å². The number of ether oxygens (including phenoxy) is 2. The van der Waals surface area contributed by atoms with E-state index in [2.05, 4.69) is 22.1 Å². The van der Waals surface area contributed by atoms with Crippen molar-refractivity contribution in [2.24, 2.45) is 5.92 Å². The maximum absolute atomic E-state index is 12.7. The van der Waals surface area contributed by atoms with E-state index < -0.39 is 0 Å². The number of rotatable bonds is 8. The molecule has 0 spiro atoms. The van der Waals surface area contributed by atoms with Crippen LogP contribution in [0.3, 0.4) is 0 Å². The van der Waals surface area contributed by atoms with Crippen molar-refractivity contribution in [1.29, 1.82) is 0 Å². The molecule has 33 heavy (non-hydrogen) atoms. The molecule has 0 saturated carbocycles. The number of benzene rings is 1. The van der Waals surface area contributed by atoms with Crippen molar-refractivity contribution in [3.63, 3.8) is 0 Å². The van der Waals surface area contributed by atoms with Crippen molar-refractivity contribution in [2.45, 2.75) is 39.0 Å². The molecule has 0 aliphatic carbocycles. The zero-order valence-electron chi connectivity index (χ0n) is 19.3. The van der Waals surface area contributed by atoms with Crippen molar-refractivity contribution < 1.29 is 19.1 Å². The summed E-state index contributed by atoms with van der Waals surface area (Å²) in [6.45, 7) is 5.83. The molecule has 2 aliphatic heterocycles. The summed E-state index contributed by atoms with van der Waals surface area (Å²) in [6.07, 6.45) is 4.73. The summed E-state index contributed by atoms with van der Waals surface area (Å²) in [5, 5.41) is 3.04. The lowest BCUT2D eigenvalue weighted by Gasteiger charge is -2.23. The number of carbonyl (C=O) groups excluding carboxylic acids is 2. The number of amides is 2. The standard InChI is InChI=1S/C25H32N4O4/c1-3-21-17-28(15-19-11-22(32-2)6-7-23(19)33-21)10-9-27-25(31)20-12-24(30)29(16-20)14-18-5-4-8-26-13-18/h4-8,11,13,20-21H,3,9-10,12,14-17H2,1-2H3,(H,27,31). The second-order valence-corrected chi connectivity index (χ2v) is 8.68. The lowest BCUT2D eigenvalue weighted by molar-refractivity contribution is -0.129. The Hall–Kier alpha value is -3.13. The summed E-state index contributed by atoms with van der Waals surface area (Å²) in [5.74, 6) is 1.35. The van der Waals surface area contributed by atoms with Gasteiger partial charge in [-0.1, -0.05) is 13.0 Å². The van der Waals surface area contributed by atoms with Gasteiger partial charge in [-0.3, -0.25) is 19.5 Å². The highest BCUT2D eigenvalue weighted by Crippen LogP contribution is 2.29. The molecule has 2 unspecified atom stereocenters. The minimum absolute atomic E-state index is 0.0139. The third kappa shape index (κ3) is 5.82. The first-order valence-electron chi connectivity index (χ1n) is 11.6. The molecule has 2 atom stereocenters. The fraction of sp³-hybridized carbons (Fsp3) is 0.480. The molecule has 3 heterocycles. The van der Waals surface area contributed by atoms with Gasteiger partial charge in [0.25, 0.3) is 0 Å². The molecule has 176 valence electrons. The third-order valence-corrected chi connectivity index (χ3v) is 6.28. The Balaban J connectivity index is 1.29. The highest BCUT2D eigenvalue weighted by molar-refractivity contribution is 5.89. The summed E-state index contributed by atoms with van der Waals surface area (Å²) in [5.41, 5.74) is 2.06. The molecule has 1 fully saturated rings. The minimum atomic E-state index is -0.310. The van der Waals surface area contributed by atoms with Gasteiger partial charge in [0.05, 0.1) is 13.0 Å². The molecule has 0 bridgehead atoms. The van der Waals surface area contributed by atoms with Crippen molar-refractivity contribution in [1.82, 2.24) is 20.1 Å². The van der Waals surface area contributed by atoms with Gasteiger partial charge in [-0.25, -0.2) is 0 Å². The molecular formula is C25H32N4O4. The van der Waals surface area contributed by atoms with Crippen LogP contribution in [0.15, 0.2) is 42.7 Å². The largest absolute Gasteiger partial charge is 0.497 e. The molecule has 1 aromatic heterocycles. The Kier molecular flexibility index (Phi) is 7.44. The molecule has 1 saturated heterocycles. The fourth-order valence-corrected chi connectivity index (χ4v) is 4.41. The molecule has 1 N–H and O–H groups in total. The quantitative estimate of drug-likeness (QED) is 0.661. The monoisotopic (exact) mass is 452 g/mol. The molecule has 4 rings (SSSR count). The maximum Gasteiger partial charge on any atom is 0.225 e. The van der Waals surface area contributed by atoms with Crippen LogP contribution in [0.25, 0.3) is 0 Å². The number of nitrogens with one attached hydrogen (secondary N) is 1. The van der Waals surface area contributed by atoms with Crippen molar-refractivity contribution in [3.8, 4) is 11.5 Å². The van der Waals surface area contributed by atoms with E-state index >= 15 is 0 Å². The Labute approximate surface area is 194 Å². The van der Waals surface area contributed by atoms with E-state index in [1.165, 1.54) is 0 Å². The van der Waals surface area contributed by atoms with Gasteiger partial charge in [-0.2, -0.15) is 0 Å². The van der Waals surface area contributed by atoms with Crippen LogP contribution in [0, 0.1) is 5.92 Å². The average Bonchev–Trinajstić information content (AvgIpc) is 3.09. The average molecular weight is 453 g/mol. The van der Waals surface area contributed by atoms with E-state index in [4.69, 9.17) is 9.47 Å². The van der Waals surface area contributed by atoms with Crippen LogP contribution in [0.1, 0.15) is 30.9 Å². The van der Waals surface area contributed by atoms with Crippen LogP contribution in [-0.2, 0) is 22.7 Å². The molecular weight excluding hydrogens is 420 g/mol. The van der Waals surface area contributed by atoms with Gasteiger partial charge in [0, 0.05) is 63.6 Å². The van der Waals surface area contributed by atoms with Gasteiger partial charge in [0.2, 0.25) is 11.8 Å². The van der Waals surface area contributed by atoms with E-state index in [-0.39, 0.29) is 30.3 Å². The van der Waals surface area contributed by atoms with Gasteiger partial charge in [0.1, 0.15) is 17.6 Å².